The molecule has 7 atom stereocenters. The van der Waals surface area contributed by atoms with E-state index in [1.54, 1.807) is 11.1 Å². The van der Waals surface area contributed by atoms with Gasteiger partial charge in [-0.3, -0.25) is 4.79 Å². The lowest BCUT2D eigenvalue weighted by Gasteiger charge is -2.62. The van der Waals surface area contributed by atoms with Crippen molar-refractivity contribution in [3.05, 3.63) is 22.8 Å². The molecule has 3 nitrogen and oxygen atoms in total. The van der Waals surface area contributed by atoms with Crippen molar-refractivity contribution < 1.29 is 15.0 Å². The fourth-order valence-electron chi connectivity index (χ4n) is 9.41. The summed E-state index contributed by atoms with van der Waals surface area (Å²) < 4.78 is 0. The van der Waals surface area contributed by atoms with Crippen molar-refractivity contribution in [3.8, 4) is 0 Å². The monoisotopic (exact) mass is 456 g/mol. The molecule has 0 spiro atoms. The van der Waals surface area contributed by atoms with Crippen molar-refractivity contribution in [2.24, 2.45) is 39.4 Å². The van der Waals surface area contributed by atoms with Crippen molar-refractivity contribution in [2.45, 2.75) is 119 Å². The first-order valence-electron chi connectivity index (χ1n) is 13.6. The summed E-state index contributed by atoms with van der Waals surface area (Å²) in [6.45, 7) is 16.2. The summed E-state index contributed by atoms with van der Waals surface area (Å²) >= 11 is 0. The summed E-state index contributed by atoms with van der Waals surface area (Å²) in [6, 6.07) is 0. The Morgan fingerprint density at radius 3 is 2.33 bits per heavy atom. The predicted octanol–water partition coefficient (Wildman–Crippen LogP) is 7.54. The van der Waals surface area contributed by atoms with E-state index in [1.807, 2.05) is 0 Å². The van der Waals surface area contributed by atoms with Gasteiger partial charge in [0.05, 0.1) is 12.0 Å². The van der Waals surface area contributed by atoms with Gasteiger partial charge in [-0.2, -0.15) is 0 Å². The highest BCUT2D eigenvalue weighted by molar-refractivity contribution is 5.70. The molecule has 0 saturated heterocycles. The maximum atomic E-state index is 12.5. The lowest BCUT2D eigenvalue weighted by atomic mass is 9.43. The van der Waals surface area contributed by atoms with Gasteiger partial charge in [0, 0.05) is 0 Å². The zero-order valence-electron chi connectivity index (χ0n) is 22.3. The highest BCUT2D eigenvalue weighted by Crippen LogP contribution is 2.72. The van der Waals surface area contributed by atoms with Crippen LogP contribution in [0.3, 0.4) is 0 Å². The maximum Gasteiger partial charge on any atom is 0.306 e. The van der Waals surface area contributed by atoms with Crippen LogP contribution in [0, 0.1) is 39.4 Å². The molecule has 3 heteroatoms. The normalized spacial score (nSPS) is 42.7. The zero-order valence-corrected chi connectivity index (χ0v) is 22.3. The number of carboxylic acid groups (broad SMARTS) is 1. The molecule has 0 bridgehead atoms. The van der Waals surface area contributed by atoms with Gasteiger partial charge in [0.1, 0.15) is 0 Å². The summed E-state index contributed by atoms with van der Waals surface area (Å²) in [4.78, 5) is 12.5. The van der Waals surface area contributed by atoms with Crippen LogP contribution in [0.2, 0.25) is 0 Å². The summed E-state index contributed by atoms with van der Waals surface area (Å²) in [7, 11) is 0. The van der Waals surface area contributed by atoms with Gasteiger partial charge < -0.3 is 10.2 Å². The van der Waals surface area contributed by atoms with Crippen LogP contribution in [-0.4, -0.2) is 22.3 Å². The van der Waals surface area contributed by atoms with Crippen LogP contribution < -0.4 is 0 Å². The summed E-state index contributed by atoms with van der Waals surface area (Å²) in [6.07, 6.45) is 12.3. The van der Waals surface area contributed by atoms with Gasteiger partial charge in [-0.15, -0.1) is 0 Å². The van der Waals surface area contributed by atoms with Crippen LogP contribution in [-0.2, 0) is 4.79 Å². The van der Waals surface area contributed by atoms with Crippen molar-refractivity contribution in [1.82, 2.24) is 0 Å². The first-order valence-corrected chi connectivity index (χ1v) is 13.6. The van der Waals surface area contributed by atoms with Crippen LogP contribution >= 0.6 is 0 Å². The van der Waals surface area contributed by atoms with E-state index in [1.165, 1.54) is 12.0 Å². The number of fused-ring (bicyclic) bond motifs is 4. The molecule has 2 fully saturated rings. The predicted molar refractivity (Wildman–Crippen MR) is 135 cm³/mol. The smallest absolute Gasteiger partial charge is 0.306 e. The number of hydrogen-bond donors (Lipinski definition) is 2. The van der Waals surface area contributed by atoms with E-state index >= 15 is 0 Å². The zero-order chi connectivity index (χ0) is 24.4. The molecule has 0 aromatic carbocycles. The first kappa shape index (κ1) is 25.0. The summed E-state index contributed by atoms with van der Waals surface area (Å²) in [5.74, 6) is -0.0420. The number of aliphatic hydroxyl groups is 1. The molecule has 4 aliphatic rings. The second kappa shape index (κ2) is 8.25. The first-order chi connectivity index (χ1) is 15.3. The highest BCUT2D eigenvalue weighted by Gasteiger charge is 2.64. The van der Waals surface area contributed by atoms with Gasteiger partial charge in [-0.05, 0) is 112 Å². The molecule has 0 aliphatic heterocycles. The highest BCUT2D eigenvalue weighted by atomic mass is 16.4. The number of carboxylic acids is 1. The second-order valence-corrected chi connectivity index (χ2v) is 13.5. The number of rotatable bonds is 5. The molecule has 4 aliphatic carbocycles. The number of allylic oxidation sites excluding steroid dienone is 4. The minimum absolute atomic E-state index is 0.0370. The van der Waals surface area contributed by atoms with Gasteiger partial charge in [0.25, 0.3) is 0 Å². The molecule has 0 amide bonds. The Kier molecular flexibility index (Phi) is 6.25. The van der Waals surface area contributed by atoms with E-state index in [0.717, 1.165) is 57.8 Å². The van der Waals surface area contributed by atoms with Crippen LogP contribution in [0.15, 0.2) is 22.8 Å². The average Bonchev–Trinajstić information content (AvgIpc) is 3.00. The Balaban J connectivity index is 1.69. The third-order valence-electron chi connectivity index (χ3n) is 11.6. The Labute approximate surface area is 202 Å². The fraction of sp³-hybridized carbons (Fsp3) is 0.833. The average molecular weight is 457 g/mol. The summed E-state index contributed by atoms with van der Waals surface area (Å²) in [5, 5.41) is 21.0. The minimum Gasteiger partial charge on any atom is -0.481 e. The molecule has 1 unspecified atom stereocenters. The Bertz CT molecular complexity index is 862. The second-order valence-electron chi connectivity index (χ2n) is 13.5. The lowest BCUT2D eigenvalue weighted by molar-refractivity contribution is -0.146. The van der Waals surface area contributed by atoms with Crippen molar-refractivity contribution >= 4 is 5.97 Å². The molecule has 186 valence electrons. The number of carbonyl (C=O) groups is 1. The Morgan fingerprint density at radius 2 is 1.70 bits per heavy atom. The van der Waals surface area contributed by atoms with Crippen molar-refractivity contribution in [1.29, 1.82) is 0 Å². The molecule has 2 saturated carbocycles. The van der Waals surface area contributed by atoms with E-state index in [2.05, 4.69) is 54.5 Å². The van der Waals surface area contributed by atoms with E-state index in [-0.39, 0.29) is 39.6 Å². The largest absolute Gasteiger partial charge is 0.481 e. The molecule has 33 heavy (non-hydrogen) atoms. The van der Waals surface area contributed by atoms with Crippen LogP contribution in [0.4, 0.5) is 0 Å². The van der Waals surface area contributed by atoms with Crippen LogP contribution in [0.5, 0.6) is 0 Å². The number of aliphatic hydroxyl groups excluding tert-OH is 1. The van der Waals surface area contributed by atoms with E-state index in [9.17, 15) is 15.0 Å². The third kappa shape index (κ3) is 3.58. The van der Waals surface area contributed by atoms with Gasteiger partial charge in [0.2, 0.25) is 0 Å². The third-order valence-corrected chi connectivity index (χ3v) is 11.6. The minimum atomic E-state index is -0.592. The molecule has 0 aromatic rings. The lowest BCUT2D eigenvalue weighted by Crippen LogP contribution is -2.55. The Morgan fingerprint density at radius 1 is 1.00 bits per heavy atom. The standard InChI is InChI=1S/C30H48O3/c1-19(2)9-8-10-20(26(32)33)21-13-17-30(7)23-11-12-24-27(3,4)25(31)15-16-28(24,5)22(23)14-18-29(21,30)6/h9,20-21,24-25,31H,8,10-18H2,1-7H3,(H,32,33)/t20-,21-,24?,25-,28-,29+,30-/m1/s1. The van der Waals surface area contributed by atoms with Gasteiger partial charge in [-0.25, -0.2) is 0 Å². The van der Waals surface area contributed by atoms with Gasteiger partial charge in [-0.1, -0.05) is 57.4 Å². The quantitative estimate of drug-likeness (QED) is 0.420. The van der Waals surface area contributed by atoms with E-state index < -0.39 is 5.97 Å². The van der Waals surface area contributed by atoms with Gasteiger partial charge in [0.15, 0.2) is 0 Å². The maximum absolute atomic E-state index is 12.5. The molecule has 0 heterocycles. The molecule has 2 N–H and O–H groups in total. The SMILES string of the molecule is CC(C)=CCC[C@@H](C(=O)O)[C@H]1CC[C@]2(C)C3=C(CC[C@@]12C)[C@@]1(C)CC[C@@H](O)C(C)(C)C1CC3. The number of aliphatic carboxylic acids is 1. The van der Waals surface area contributed by atoms with Gasteiger partial charge >= 0.3 is 5.97 Å². The van der Waals surface area contributed by atoms with Crippen LogP contribution in [0.1, 0.15) is 113 Å². The van der Waals surface area contributed by atoms with E-state index in [4.69, 9.17) is 0 Å². The Hall–Kier alpha value is -1.09. The molecule has 0 aromatic heterocycles. The fourth-order valence-corrected chi connectivity index (χ4v) is 9.41. The van der Waals surface area contributed by atoms with E-state index in [0.29, 0.717) is 5.92 Å². The molecule has 4 rings (SSSR count). The van der Waals surface area contributed by atoms with Crippen LogP contribution in [0.25, 0.3) is 0 Å². The summed E-state index contributed by atoms with van der Waals surface area (Å²) in [5.41, 5.74) is 5.00. The van der Waals surface area contributed by atoms with Crippen molar-refractivity contribution in [2.75, 3.05) is 0 Å². The topological polar surface area (TPSA) is 57.5 Å². The molecular weight excluding hydrogens is 408 g/mol. The molecule has 0 radical (unpaired) electrons. The molecular formula is C30H48O3. The number of hydrogen-bond acceptors (Lipinski definition) is 2. The van der Waals surface area contributed by atoms with Crippen molar-refractivity contribution in [3.63, 3.8) is 0 Å².